The first kappa shape index (κ1) is 15.3. The highest BCUT2D eigenvalue weighted by Gasteiger charge is 2.06. The molecule has 0 spiro atoms. The number of rotatable bonds is 2. The fourth-order valence-corrected chi connectivity index (χ4v) is 1.17. The number of imidazole rings is 1. The van der Waals surface area contributed by atoms with Gasteiger partial charge in [-0.2, -0.15) is 0 Å². The van der Waals surface area contributed by atoms with Gasteiger partial charge in [-0.1, -0.05) is 27.7 Å². The van der Waals surface area contributed by atoms with Crippen molar-refractivity contribution in [1.82, 2.24) is 19.5 Å². The highest BCUT2D eigenvalue weighted by Crippen LogP contribution is 2.13. The van der Waals surface area contributed by atoms with Crippen LogP contribution in [0.25, 0.3) is 11.2 Å². The quantitative estimate of drug-likeness (QED) is 0.828. The minimum absolute atomic E-state index is 0.0510. The van der Waals surface area contributed by atoms with Crippen molar-refractivity contribution in [2.24, 2.45) is 0 Å². The molecule has 0 radical (unpaired) electrons. The smallest absolute Gasteiger partial charge is 0.165 e. The molecule has 0 atom stereocenters. The van der Waals surface area contributed by atoms with Crippen LogP contribution < -0.4 is 5.73 Å². The van der Waals surface area contributed by atoms with Gasteiger partial charge in [0.05, 0.1) is 12.9 Å². The summed E-state index contributed by atoms with van der Waals surface area (Å²) in [6.45, 7) is 8.52. The van der Waals surface area contributed by atoms with Crippen LogP contribution in [0.15, 0.2) is 12.7 Å². The molecule has 0 aliphatic heterocycles. The third kappa shape index (κ3) is 3.67. The van der Waals surface area contributed by atoms with Crippen LogP contribution in [0.4, 0.5) is 5.82 Å². The Morgan fingerprint density at radius 2 is 1.82 bits per heavy atom. The van der Waals surface area contributed by atoms with E-state index in [9.17, 15) is 0 Å². The van der Waals surface area contributed by atoms with Crippen molar-refractivity contribution < 1.29 is 5.11 Å². The number of anilines is 1. The summed E-state index contributed by atoms with van der Waals surface area (Å²) in [5.41, 5.74) is 6.81. The third-order valence-corrected chi connectivity index (χ3v) is 1.77. The average Bonchev–Trinajstić information content (AvgIpc) is 2.80. The molecule has 2 aromatic heterocycles. The lowest BCUT2D eigenvalue weighted by Gasteiger charge is -1.98. The van der Waals surface area contributed by atoms with E-state index < -0.39 is 0 Å². The minimum atomic E-state index is 0.0510. The molecule has 0 saturated heterocycles. The number of nitrogens with two attached hydrogens (primary N) is 1. The number of aromatic nitrogens is 4. The predicted molar refractivity (Wildman–Crippen MR) is 69.5 cm³/mol. The van der Waals surface area contributed by atoms with Gasteiger partial charge in [0.25, 0.3) is 0 Å². The van der Waals surface area contributed by atoms with Gasteiger partial charge in [0.1, 0.15) is 11.8 Å². The van der Waals surface area contributed by atoms with Crippen LogP contribution in [0, 0.1) is 0 Å². The Balaban J connectivity index is 0.000000581. The van der Waals surface area contributed by atoms with E-state index in [2.05, 4.69) is 15.0 Å². The first-order valence-corrected chi connectivity index (χ1v) is 5.85. The summed E-state index contributed by atoms with van der Waals surface area (Å²) < 4.78 is 1.73. The van der Waals surface area contributed by atoms with Gasteiger partial charge < -0.3 is 15.4 Å². The molecule has 0 saturated carbocycles. The highest BCUT2D eigenvalue weighted by molar-refractivity contribution is 5.80. The molecule has 0 unspecified atom stereocenters. The fourth-order valence-electron chi connectivity index (χ4n) is 1.17. The molecular formula is C11H21N5O. The van der Waals surface area contributed by atoms with Crippen molar-refractivity contribution in [1.29, 1.82) is 0 Å². The van der Waals surface area contributed by atoms with Gasteiger partial charge in [-0.15, -0.1) is 0 Å². The number of hydrogen-bond acceptors (Lipinski definition) is 5. The molecule has 0 aliphatic rings. The Labute approximate surface area is 102 Å². The minimum Gasteiger partial charge on any atom is -0.395 e. The molecule has 2 rings (SSSR count). The van der Waals surface area contributed by atoms with Gasteiger partial charge in [-0.3, -0.25) is 0 Å². The van der Waals surface area contributed by atoms with Crippen molar-refractivity contribution in [3.63, 3.8) is 0 Å². The molecule has 0 aliphatic carbocycles. The molecule has 3 N–H and O–H groups in total. The number of aliphatic hydroxyl groups is 1. The summed E-state index contributed by atoms with van der Waals surface area (Å²) in [4.78, 5) is 11.9. The van der Waals surface area contributed by atoms with E-state index in [1.54, 1.807) is 10.9 Å². The van der Waals surface area contributed by atoms with Crippen LogP contribution in [-0.2, 0) is 6.54 Å². The third-order valence-electron chi connectivity index (χ3n) is 1.77. The van der Waals surface area contributed by atoms with E-state index in [1.165, 1.54) is 6.33 Å². The molecule has 6 nitrogen and oxygen atoms in total. The molecule has 0 amide bonds. The monoisotopic (exact) mass is 239 g/mol. The Hall–Kier alpha value is -1.69. The maximum atomic E-state index is 8.74. The zero-order valence-corrected chi connectivity index (χ0v) is 10.9. The first-order valence-electron chi connectivity index (χ1n) is 5.85. The van der Waals surface area contributed by atoms with E-state index in [0.29, 0.717) is 23.5 Å². The fraction of sp³-hybridized carbons (Fsp3) is 0.545. The molecule has 0 bridgehead atoms. The van der Waals surface area contributed by atoms with Crippen molar-refractivity contribution >= 4 is 17.0 Å². The van der Waals surface area contributed by atoms with Gasteiger partial charge in [0.2, 0.25) is 0 Å². The second-order valence-corrected chi connectivity index (χ2v) is 2.59. The lowest BCUT2D eigenvalue weighted by Crippen LogP contribution is -2.02. The number of nitrogen functional groups attached to an aromatic ring is 1. The van der Waals surface area contributed by atoms with Crippen LogP contribution in [-0.4, -0.2) is 31.2 Å². The number of fused-ring (bicyclic) bond motifs is 1. The molecule has 96 valence electrons. The largest absolute Gasteiger partial charge is 0.395 e. The Bertz CT molecular complexity index is 427. The van der Waals surface area contributed by atoms with Gasteiger partial charge in [-0.25, -0.2) is 15.0 Å². The summed E-state index contributed by atoms with van der Waals surface area (Å²) >= 11 is 0. The van der Waals surface area contributed by atoms with Crippen LogP contribution in [0.2, 0.25) is 0 Å². The zero-order chi connectivity index (χ0) is 13.3. The summed E-state index contributed by atoms with van der Waals surface area (Å²) in [5.74, 6) is 0.363. The lowest BCUT2D eigenvalue weighted by atomic mass is 10.5. The highest BCUT2D eigenvalue weighted by atomic mass is 16.3. The molecule has 2 heterocycles. The number of aliphatic hydroxyl groups excluding tert-OH is 1. The van der Waals surface area contributed by atoms with Gasteiger partial charge in [-0.05, 0) is 0 Å². The van der Waals surface area contributed by atoms with Crippen molar-refractivity contribution in [3.05, 3.63) is 12.7 Å². The molecule has 0 fully saturated rings. The second-order valence-electron chi connectivity index (χ2n) is 2.59. The summed E-state index contributed by atoms with van der Waals surface area (Å²) in [6.07, 6.45) is 2.97. The number of nitrogens with zero attached hydrogens (tertiary/aromatic N) is 4. The molecule has 6 heteroatoms. The normalized spacial score (nSPS) is 9.00. The summed E-state index contributed by atoms with van der Waals surface area (Å²) in [5, 5.41) is 8.74. The van der Waals surface area contributed by atoms with Crippen molar-refractivity contribution in [2.45, 2.75) is 34.2 Å². The maximum Gasteiger partial charge on any atom is 0.165 e. The van der Waals surface area contributed by atoms with Gasteiger partial charge in [0.15, 0.2) is 11.5 Å². The van der Waals surface area contributed by atoms with Crippen LogP contribution in [0.1, 0.15) is 27.7 Å². The van der Waals surface area contributed by atoms with E-state index in [-0.39, 0.29) is 6.61 Å². The van der Waals surface area contributed by atoms with E-state index in [1.807, 2.05) is 27.7 Å². The van der Waals surface area contributed by atoms with Crippen LogP contribution in [0.3, 0.4) is 0 Å². The first-order chi connectivity index (χ1) is 8.33. The van der Waals surface area contributed by atoms with E-state index >= 15 is 0 Å². The average molecular weight is 239 g/mol. The molecule has 2 aromatic rings. The lowest BCUT2D eigenvalue weighted by molar-refractivity contribution is 0.277. The molecular weight excluding hydrogens is 218 g/mol. The van der Waals surface area contributed by atoms with Gasteiger partial charge >= 0.3 is 0 Å². The molecule has 17 heavy (non-hydrogen) atoms. The van der Waals surface area contributed by atoms with Crippen molar-refractivity contribution in [3.8, 4) is 0 Å². The van der Waals surface area contributed by atoms with Gasteiger partial charge in [0, 0.05) is 6.54 Å². The van der Waals surface area contributed by atoms with E-state index in [4.69, 9.17) is 10.8 Å². The van der Waals surface area contributed by atoms with Crippen LogP contribution >= 0.6 is 0 Å². The second kappa shape index (κ2) is 8.46. The summed E-state index contributed by atoms with van der Waals surface area (Å²) in [7, 11) is 0. The summed E-state index contributed by atoms with van der Waals surface area (Å²) in [6, 6.07) is 0. The van der Waals surface area contributed by atoms with E-state index in [0.717, 1.165) is 0 Å². The standard InChI is InChI=1S/C7H9N5O.2C2H6/c8-6-5-7(10-3-9-6)12(1-2-13)4-11-5;2*1-2/h3-4,13H,1-2H2,(H2,8,9,10);2*1-2H3. The van der Waals surface area contributed by atoms with Crippen molar-refractivity contribution in [2.75, 3.05) is 12.3 Å². The topological polar surface area (TPSA) is 89.9 Å². The maximum absolute atomic E-state index is 8.74. The number of hydrogen-bond donors (Lipinski definition) is 2. The Kier molecular flexibility index (Phi) is 7.62. The SMILES string of the molecule is CC.CC.Nc1ncnc2c1ncn2CCO. The Morgan fingerprint density at radius 1 is 1.18 bits per heavy atom. The van der Waals surface area contributed by atoms with Crippen LogP contribution in [0.5, 0.6) is 0 Å². The predicted octanol–water partition coefficient (Wildman–Crippen LogP) is 1.45. The zero-order valence-electron chi connectivity index (χ0n) is 10.9. The Morgan fingerprint density at radius 3 is 2.41 bits per heavy atom. The molecule has 0 aromatic carbocycles.